The Morgan fingerprint density at radius 2 is 1.86 bits per heavy atom. The number of benzene rings is 1. The molecule has 1 fully saturated rings. The molecule has 2 aromatic rings. The molecule has 1 aliphatic rings. The zero-order chi connectivity index (χ0) is 20.1. The van der Waals surface area contributed by atoms with Gasteiger partial charge in [-0.15, -0.1) is 0 Å². The Hall–Kier alpha value is -1.98. The molecule has 1 saturated heterocycles. The summed E-state index contributed by atoms with van der Waals surface area (Å²) in [6.45, 7) is 8.34. The van der Waals surface area contributed by atoms with Crippen molar-refractivity contribution in [3.05, 3.63) is 51.9 Å². The number of ether oxygens (including phenoxy) is 1. The number of piperidine rings is 1. The second-order valence-corrected chi connectivity index (χ2v) is 7.90. The summed E-state index contributed by atoms with van der Waals surface area (Å²) in [5, 5.41) is 3.74. The molecule has 0 radical (unpaired) electrons. The molecule has 3 rings (SSSR count). The molecule has 0 saturated carbocycles. The Kier molecular flexibility index (Phi) is 7.03. The van der Waals surface area contributed by atoms with Crippen LogP contribution in [0.3, 0.4) is 0 Å². The molecule has 0 aliphatic carbocycles. The molecule has 1 unspecified atom stereocenters. The summed E-state index contributed by atoms with van der Waals surface area (Å²) in [5.74, 6) is 2.31. The second kappa shape index (κ2) is 9.48. The van der Waals surface area contributed by atoms with Gasteiger partial charge >= 0.3 is 0 Å². The highest BCUT2D eigenvalue weighted by Gasteiger charge is 2.25. The van der Waals surface area contributed by atoms with E-state index in [2.05, 4.69) is 10.2 Å². The van der Waals surface area contributed by atoms with Crippen LogP contribution in [-0.4, -0.2) is 37.0 Å². The van der Waals surface area contributed by atoms with Crippen molar-refractivity contribution in [1.82, 2.24) is 10.2 Å². The maximum atomic E-state index is 12.4. The van der Waals surface area contributed by atoms with Crippen LogP contribution in [0.2, 0.25) is 5.02 Å². The number of furan rings is 1. The maximum absolute atomic E-state index is 12.4. The number of aryl methyl sites for hydroxylation is 3. The highest BCUT2D eigenvalue weighted by atomic mass is 35.5. The Bertz CT molecular complexity index is 789. The first-order valence-corrected chi connectivity index (χ1v) is 10.3. The summed E-state index contributed by atoms with van der Waals surface area (Å²) in [7, 11) is 0. The molecule has 0 bridgehead atoms. The van der Waals surface area contributed by atoms with Gasteiger partial charge in [-0.05, 0) is 82.1 Å². The third kappa shape index (κ3) is 5.30. The van der Waals surface area contributed by atoms with Gasteiger partial charge in [0, 0.05) is 11.6 Å². The van der Waals surface area contributed by atoms with Gasteiger partial charge in [0.15, 0.2) is 6.61 Å². The third-order valence-corrected chi connectivity index (χ3v) is 5.79. The van der Waals surface area contributed by atoms with Crippen LogP contribution in [-0.2, 0) is 4.79 Å². The molecule has 1 N–H and O–H groups in total. The summed E-state index contributed by atoms with van der Waals surface area (Å²) < 4.78 is 11.5. The third-order valence-electron chi connectivity index (χ3n) is 5.19. The normalized spacial score (nSPS) is 16.0. The number of nitrogens with one attached hydrogen (secondary N) is 1. The second-order valence-electron chi connectivity index (χ2n) is 7.52. The van der Waals surface area contributed by atoms with E-state index in [-0.39, 0.29) is 18.6 Å². The molecule has 28 heavy (non-hydrogen) atoms. The minimum atomic E-state index is -0.143. The van der Waals surface area contributed by atoms with Gasteiger partial charge in [-0.2, -0.15) is 0 Å². The zero-order valence-corrected chi connectivity index (χ0v) is 17.6. The van der Waals surface area contributed by atoms with Crippen molar-refractivity contribution in [2.75, 3.05) is 26.2 Å². The zero-order valence-electron chi connectivity index (χ0n) is 16.9. The molecule has 152 valence electrons. The molecule has 1 atom stereocenters. The summed E-state index contributed by atoms with van der Waals surface area (Å²) in [6.07, 6.45) is 3.63. The van der Waals surface area contributed by atoms with Gasteiger partial charge in [0.05, 0.1) is 6.04 Å². The fourth-order valence-electron chi connectivity index (χ4n) is 3.67. The first-order chi connectivity index (χ1) is 13.4. The number of rotatable bonds is 7. The predicted molar refractivity (Wildman–Crippen MR) is 111 cm³/mol. The minimum absolute atomic E-state index is 0.0234. The number of halogens is 1. The van der Waals surface area contributed by atoms with Crippen molar-refractivity contribution in [1.29, 1.82) is 0 Å². The number of carbonyl (C=O) groups excluding carboxylic acids is 1. The van der Waals surface area contributed by atoms with Crippen LogP contribution in [0.4, 0.5) is 0 Å². The van der Waals surface area contributed by atoms with Gasteiger partial charge in [0.2, 0.25) is 0 Å². The van der Waals surface area contributed by atoms with E-state index in [0.29, 0.717) is 12.3 Å². The Morgan fingerprint density at radius 3 is 2.46 bits per heavy atom. The molecule has 1 aliphatic heterocycles. The van der Waals surface area contributed by atoms with Crippen molar-refractivity contribution >= 4 is 17.5 Å². The number of amides is 1. The van der Waals surface area contributed by atoms with Gasteiger partial charge in [-0.1, -0.05) is 18.0 Å². The average Bonchev–Trinajstić information content (AvgIpc) is 3.11. The number of carbonyl (C=O) groups is 1. The number of nitrogens with zero attached hydrogens (tertiary/aromatic N) is 1. The highest BCUT2D eigenvalue weighted by molar-refractivity contribution is 6.32. The van der Waals surface area contributed by atoms with Crippen LogP contribution in [0.25, 0.3) is 0 Å². The smallest absolute Gasteiger partial charge is 0.258 e. The standard InChI is InChI=1S/C22H29ClN2O3/c1-15-11-18(12-16(2)22(15)23)27-14-21(26)24-13-19(20-8-7-17(3)28-20)25-9-5-4-6-10-25/h7-8,11-12,19H,4-6,9-10,13-14H2,1-3H3,(H,24,26). The predicted octanol–water partition coefficient (Wildman–Crippen LogP) is 4.58. The summed E-state index contributed by atoms with van der Waals surface area (Å²) >= 11 is 6.18. The van der Waals surface area contributed by atoms with Crippen LogP contribution in [0.1, 0.15) is 48.0 Å². The molecular formula is C22H29ClN2O3. The van der Waals surface area contributed by atoms with Crippen molar-refractivity contribution in [2.24, 2.45) is 0 Å². The van der Waals surface area contributed by atoms with E-state index >= 15 is 0 Å². The van der Waals surface area contributed by atoms with E-state index < -0.39 is 0 Å². The Labute approximate surface area is 172 Å². The lowest BCUT2D eigenvalue weighted by Gasteiger charge is -2.33. The van der Waals surface area contributed by atoms with Crippen molar-refractivity contribution in [3.8, 4) is 5.75 Å². The van der Waals surface area contributed by atoms with E-state index in [1.807, 2.05) is 45.0 Å². The molecule has 5 nitrogen and oxygen atoms in total. The maximum Gasteiger partial charge on any atom is 0.258 e. The highest BCUT2D eigenvalue weighted by Crippen LogP contribution is 2.27. The monoisotopic (exact) mass is 404 g/mol. The lowest BCUT2D eigenvalue weighted by atomic mass is 10.1. The lowest BCUT2D eigenvalue weighted by Crippen LogP contribution is -2.41. The molecule has 2 heterocycles. The van der Waals surface area contributed by atoms with Crippen LogP contribution in [0, 0.1) is 20.8 Å². The van der Waals surface area contributed by atoms with Gasteiger partial charge in [-0.25, -0.2) is 0 Å². The fourth-order valence-corrected chi connectivity index (χ4v) is 3.78. The molecule has 1 amide bonds. The van der Waals surface area contributed by atoms with E-state index in [1.54, 1.807) is 0 Å². The molecular weight excluding hydrogens is 376 g/mol. The fraction of sp³-hybridized carbons (Fsp3) is 0.500. The molecule has 1 aromatic carbocycles. The van der Waals surface area contributed by atoms with Gasteiger partial charge < -0.3 is 14.5 Å². The summed E-state index contributed by atoms with van der Waals surface area (Å²) in [5.41, 5.74) is 1.88. The lowest BCUT2D eigenvalue weighted by molar-refractivity contribution is -0.123. The SMILES string of the molecule is Cc1ccc(C(CNC(=O)COc2cc(C)c(Cl)c(C)c2)N2CCCCC2)o1. The van der Waals surface area contributed by atoms with E-state index in [0.717, 1.165) is 40.8 Å². The summed E-state index contributed by atoms with van der Waals surface area (Å²) in [4.78, 5) is 14.8. The van der Waals surface area contributed by atoms with Crippen LogP contribution < -0.4 is 10.1 Å². The first-order valence-electron chi connectivity index (χ1n) is 9.90. The van der Waals surface area contributed by atoms with Crippen LogP contribution >= 0.6 is 11.6 Å². The number of hydrogen-bond donors (Lipinski definition) is 1. The van der Waals surface area contributed by atoms with Gasteiger partial charge in [0.25, 0.3) is 5.91 Å². The average molecular weight is 405 g/mol. The first kappa shape index (κ1) is 20.7. The number of hydrogen-bond acceptors (Lipinski definition) is 4. The Balaban J connectivity index is 1.57. The van der Waals surface area contributed by atoms with Crippen molar-refractivity contribution in [2.45, 2.75) is 46.1 Å². The van der Waals surface area contributed by atoms with E-state index in [9.17, 15) is 4.79 Å². The quantitative estimate of drug-likeness (QED) is 0.733. The van der Waals surface area contributed by atoms with Crippen LogP contribution in [0.15, 0.2) is 28.7 Å². The number of likely N-dealkylation sites (tertiary alicyclic amines) is 1. The Morgan fingerprint density at radius 1 is 1.18 bits per heavy atom. The van der Waals surface area contributed by atoms with Gasteiger partial charge in [-0.3, -0.25) is 9.69 Å². The van der Waals surface area contributed by atoms with Gasteiger partial charge in [0.1, 0.15) is 17.3 Å². The molecule has 1 aromatic heterocycles. The van der Waals surface area contributed by atoms with Crippen LogP contribution in [0.5, 0.6) is 5.75 Å². The van der Waals surface area contributed by atoms with E-state index in [4.69, 9.17) is 20.8 Å². The summed E-state index contributed by atoms with van der Waals surface area (Å²) in [6, 6.07) is 7.74. The topological polar surface area (TPSA) is 54.7 Å². The van der Waals surface area contributed by atoms with Crippen molar-refractivity contribution < 1.29 is 13.9 Å². The minimum Gasteiger partial charge on any atom is -0.484 e. The van der Waals surface area contributed by atoms with E-state index in [1.165, 1.54) is 19.3 Å². The largest absolute Gasteiger partial charge is 0.484 e. The molecule has 0 spiro atoms. The van der Waals surface area contributed by atoms with Crippen molar-refractivity contribution in [3.63, 3.8) is 0 Å². The molecule has 6 heteroatoms.